The van der Waals surface area contributed by atoms with E-state index in [0.717, 1.165) is 0 Å². The maximum atomic E-state index is 2.57. The minimum atomic E-state index is -2.22. The summed E-state index contributed by atoms with van der Waals surface area (Å²) in [4.78, 5) is 0. The van der Waals surface area contributed by atoms with Crippen molar-refractivity contribution in [1.82, 2.24) is 0 Å². The number of hydrogen-bond donors (Lipinski definition) is 0. The fourth-order valence-corrected chi connectivity index (χ4v) is 62.8. The molecule has 0 N–H and O–H groups in total. The second kappa shape index (κ2) is 20.4. The van der Waals surface area contributed by atoms with Crippen molar-refractivity contribution in [2.75, 3.05) is 0 Å². The zero-order valence-electron chi connectivity index (χ0n) is 37.2. The molecule has 0 heterocycles. The standard InChI is InChI=1S/2C12H11Si.4C9H7.ClH.2Zr.H/c2*1-3-7-11(8-4-1)13-12-9-5-2-6-10-12;4*1-2-5-9-7-3-6-8(9)4-1;;;;/h2*1-10,13H;4*1-7H;1H;;;/q;;;;;;;2*+1;-1/p-1. The molecule has 5 heteroatoms. The van der Waals surface area contributed by atoms with Crippen LogP contribution in [0.25, 0.3) is 24.3 Å². The van der Waals surface area contributed by atoms with Crippen LogP contribution >= 0.6 is 0 Å². The largest absolute Gasteiger partial charge is 1.00 e. The van der Waals surface area contributed by atoms with Gasteiger partial charge in [-0.2, -0.15) is 0 Å². The third kappa shape index (κ3) is 8.94. The van der Waals surface area contributed by atoms with Crippen LogP contribution in [-0.2, 0) is 41.8 Å². The zero-order chi connectivity index (χ0) is 42.7. The Kier molecular flexibility index (Phi) is 13.8. The number of fused-ring (bicyclic) bond motifs is 4. The maximum absolute atomic E-state index is 2.57. The molecule has 0 spiro atoms. The molecular formula is C60H51ClSi2Zr2. The zero-order valence-corrected chi connectivity index (χ0v) is 44.2. The molecule has 0 aromatic heterocycles. The van der Waals surface area contributed by atoms with E-state index in [2.05, 4.69) is 267 Å². The van der Waals surface area contributed by atoms with Gasteiger partial charge in [0.15, 0.2) is 0 Å². The molecule has 4 atom stereocenters. The van der Waals surface area contributed by atoms with Crippen LogP contribution in [0.2, 0.25) is 0 Å². The van der Waals surface area contributed by atoms with Crippen LogP contribution in [0, 0.1) is 0 Å². The van der Waals surface area contributed by atoms with E-state index in [1.807, 2.05) is 0 Å². The molecule has 314 valence electrons. The third-order valence-electron chi connectivity index (χ3n) is 13.8. The quantitative estimate of drug-likeness (QED) is 0.121. The molecule has 4 aliphatic carbocycles. The predicted octanol–water partition coefficient (Wildman–Crippen LogP) is 8.47. The van der Waals surface area contributed by atoms with Crippen molar-refractivity contribution >= 4 is 56.9 Å². The van der Waals surface area contributed by atoms with Gasteiger partial charge in [-0.05, 0) is 0 Å². The van der Waals surface area contributed by atoms with Gasteiger partial charge in [0.25, 0.3) is 0 Å². The number of hydrogen-bond acceptors (Lipinski definition) is 0. The summed E-state index contributed by atoms with van der Waals surface area (Å²) < 4.78 is 2.47. The molecular weight excluding hydrogens is 995 g/mol. The van der Waals surface area contributed by atoms with Gasteiger partial charge in [0, 0.05) is 0 Å². The smallest absolute Gasteiger partial charge is 1.00 e. The molecule has 0 bridgehead atoms. The number of halogens is 1. The maximum Gasteiger partial charge on any atom is -1.00 e. The van der Waals surface area contributed by atoms with Crippen LogP contribution in [-0.4, -0.2) is 11.8 Å². The van der Waals surface area contributed by atoms with Crippen molar-refractivity contribution in [3.05, 3.63) is 287 Å². The van der Waals surface area contributed by atoms with E-state index in [-0.39, 0.29) is 13.8 Å². The van der Waals surface area contributed by atoms with E-state index < -0.39 is 53.7 Å². The van der Waals surface area contributed by atoms with E-state index in [4.69, 9.17) is 0 Å². The summed E-state index contributed by atoms with van der Waals surface area (Å²) in [6, 6.07) is 82.4. The van der Waals surface area contributed by atoms with Crippen molar-refractivity contribution in [2.24, 2.45) is 0 Å². The summed E-state index contributed by atoms with van der Waals surface area (Å²) >= 11 is -4.44. The minimum Gasteiger partial charge on any atom is -1.00 e. The Morgan fingerprint density at radius 2 is 0.462 bits per heavy atom. The normalized spacial score (nSPS) is 17.8. The minimum absolute atomic E-state index is 0. The molecule has 4 aliphatic rings. The molecule has 0 saturated heterocycles. The Balaban J connectivity index is 0.000000161. The number of benzene rings is 8. The Morgan fingerprint density at radius 1 is 0.262 bits per heavy atom. The van der Waals surface area contributed by atoms with E-state index in [1.165, 1.54) is 22.3 Å². The van der Waals surface area contributed by atoms with Crippen molar-refractivity contribution in [3.63, 3.8) is 0 Å². The first-order valence-corrected chi connectivity index (χ1v) is 40.5. The fraction of sp³-hybridized carbons (Fsp3) is 0.0667. The second-order valence-corrected chi connectivity index (χ2v) is 49.2. The van der Waals surface area contributed by atoms with Crippen LogP contribution < -0.4 is 33.2 Å². The van der Waals surface area contributed by atoms with Gasteiger partial charge in [-0.1, -0.05) is 0 Å². The van der Waals surface area contributed by atoms with E-state index in [9.17, 15) is 0 Å². The first-order valence-electron chi connectivity index (χ1n) is 22.8. The molecule has 0 nitrogen and oxygen atoms in total. The SMILES string of the molecule is C1=C[CH]([Zr+]([CH]2C=Cc3ccccc32)[SiH](c2ccccc2)c2ccccc2)c2ccccc21.C1=C[CH]([Zr+]([CH]2C=Cc3ccccc32)[SiH](c2ccccc2)c2ccccc2)c2ccccc21.[Cl-].[H-]. The first kappa shape index (κ1) is 44.1. The van der Waals surface area contributed by atoms with E-state index in [0.29, 0.717) is 14.5 Å². The molecule has 0 fully saturated rings. The van der Waals surface area contributed by atoms with Gasteiger partial charge >= 0.3 is 400 Å². The van der Waals surface area contributed by atoms with Gasteiger partial charge < -0.3 is 13.8 Å². The number of allylic oxidation sites excluding steroid dienone is 4. The van der Waals surface area contributed by atoms with Gasteiger partial charge in [-0.25, -0.2) is 0 Å². The van der Waals surface area contributed by atoms with Crippen molar-refractivity contribution in [1.29, 1.82) is 0 Å². The Labute approximate surface area is 410 Å². The van der Waals surface area contributed by atoms with Crippen LogP contribution in [0.15, 0.2) is 243 Å². The molecule has 8 aromatic carbocycles. The molecule has 0 radical (unpaired) electrons. The Bertz CT molecular complexity index is 2600. The van der Waals surface area contributed by atoms with Crippen molar-refractivity contribution in [2.45, 2.75) is 14.5 Å². The van der Waals surface area contributed by atoms with Crippen molar-refractivity contribution < 1.29 is 55.7 Å². The summed E-state index contributed by atoms with van der Waals surface area (Å²) in [5.74, 6) is -2.79. The third-order valence-corrected chi connectivity index (χ3v) is 59.5. The topological polar surface area (TPSA) is 0 Å². The van der Waals surface area contributed by atoms with Gasteiger partial charge in [0.2, 0.25) is 0 Å². The molecule has 0 saturated carbocycles. The summed E-state index contributed by atoms with van der Waals surface area (Å²) in [7, 11) is 0. The Hall–Kier alpha value is -4.79. The molecule has 8 aromatic rings. The van der Waals surface area contributed by atoms with Gasteiger partial charge in [0.05, 0.1) is 0 Å². The monoisotopic (exact) mass is 1040 g/mol. The molecule has 12 rings (SSSR count). The molecule has 4 unspecified atom stereocenters. The summed E-state index contributed by atoms with van der Waals surface area (Å²) in [5, 5.41) is 6.46. The molecule has 65 heavy (non-hydrogen) atoms. The average Bonchev–Trinajstić information content (AvgIpc) is 4.20. The Morgan fingerprint density at radius 3 is 0.692 bits per heavy atom. The van der Waals surface area contributed by atoms with E-state index >= 15 is 0 Å². The van der Waals surface area contributed by atoms with Gasteiger partial charge in [-0.3, -0.25) is 0 Å². The van der Waals surface area contributed by atoms with Gasteiger partial charge in [0.1, 0.15) is 0 Å². The fourth-order valence-electron chi connectivity index (χ4n) is 11.0. The first-order chi connectivity index (χ1) is 31.8. The molecule has 0 amide bonds. The van der Waals surface area contributed by atoms with Crippen LogP contribution in [0.1, 0.15) is 60.4 Å². The van der Waals surface area contributed by atoms with E-state index in [1.54, 1.807) is 43.0 Å². The average molecular weight is 1050 g/mol. The molecule has 0 aliphatic heterocycles. The predicted molar refractivity (Wildman–Crippen MR) is 273 cm³/mol. The van der Waals surface area contributed by atoms with Crippen molar-refractivity contribution in [3.8, 4) is 0 Å². The van der Waals surface area contributed by atoms with Crippen LogP contribution in [0.5, 0.6) is 0 Å². The summed E-state index contributed by atoms with van der Waals surface area (Å²) in [6.45, 7) is 0. The second-order valence-electron chi connectivity index (χ2n) is 17.4. The summed E-state index contributed by atoms with van der Waals surface area (Å²) in [5.41, 5.74) is 12.0. The number of rotatable bonds is 10. The van der Waals surface area contributed by atoms with Crippen LogP contribution in [0.3, 0.4) is 0 Å². The summed E-state index contributed by atoms with van der Waals surface area (Å²) in [6.07, 6.45) is 19.9. The van der Waals surface area contributed by atoms with Gasteiger partial charge in [-0.15, -0.1) is 0 Å². The van der Waals surface area contributed by atoms with Crippen LogP contribution in [0.4, 0.5) is 0 Å².